The summed E-state index contributed by atoms with van der Waals surface area (Å²) in [7, 11) is 4.17. The molecule has 21 rings (SSSR count). The van der Waals surface area contributed by atoms with Crippen LogP contribution in [0.4, 0.5) is 26.3 Å². The van der Waals surface area contributed by atoms with E-state index in [1.54, 1.807) is 64.4 Å². The molecular weight excluding hydrogens is 1800 g/mol. The van der Waals surface area contributed by atoms with Gasteiger partial charge >= 0.3 is 0 Å². The van der Waals surface area contributed by atoms with Gasteiger partial charge in [0.15, 0.2) is 33.6 Å². The lowest BCUT2D eigenvalue weighted by molar-refractivity contribution is -0.164. The fourth-order valence-electron chi connectivity index (χ4n) is 22.2. The monoisotopic (exact) mass is 1870 g/mol. The first-order valence-electron chi connectivity index (χ1n) is 38.6. The third-order valence-electron chi connectivity index (χ3n) is 27.9. The Bertz CT molecular complexity index is 5320. The van der Waals surface area contributed by atoms with E-state index in [0.717, 1.165) is 24.5 Å². The summed E-state index contributed by atoms with van der Waals surface area (Å²) >= 11 is 29.3. The van der Waals surface area contributed by atoms with E-state index >= 15 is 0 Å². The molecule has 31 heteroatoms. The SMILES string of the molecule is COc1nc(Cl)cc2c1[C@]1(O)[C@H](O)[C@H](C(=O)N3CCC34CC4(F)F)[C@@H](c3ccccc3)[C@]1(c1ccc(Br)cc1)O2.COc1nc(Cl)cc2c1[C@]1(O)[C@H](O)[C@H](CN3CCC34CC4(F)F)[C@@H](c3ccccc3)[C@]1(c1ccc(Br)cc1)O2.COc1nc(Cl)cc2c1[C@]1(O)[C@H](O)[C@H](CN3CCC34CC4(F)F)[C@@H](c3ccccc3)[C@]1(c1ccc(Br)cc1)O2. The van der Waals surface area contributed by atoms with E-state index in [0.29, 0.717) is 48.2 Å². The summed E-state index contributed by atoms with van der Waals surface area (Å²) in [4.78, 5) is 31.8. The minimum absolute atomic E-state index is 0.0413. The predicted molar refractivity (Wildman–Crippen MR) is 430 cm³/mol. The summed E-state index contributed by atoms with van der Waals surface area (Å²) in [6.07, 6.45) is -4.37. The first-order chi connectivity index (χ1) is 56.2. The van der Waals surface area contributed by atoms with Gasteiger partial charge in [-0.2, -0.15) is 0 Å². The molecule has 9 heterocycles. The number of amides is 1. The van der Waals surface area contributed by atoms with Gasteiger partial charge in [-0.3, -0.25) is 14.6 Å². The molecule has 0 bridgehead atoms. The largest absolute Gasteiger partial charge is 0.481 e. The van der Waals surface area contributed by atoms with Gasteiger partial charge in [0.05, 0.1) is 67.2 Å². The fraction of sp³-hybridized carbons (Fsp3) is 0.402. The molecule has 3 unspecified atom stereocenters. The van der Waals surface area contributed by atoms with Crippen LogP contribution in [0.3, 0.4) is 0 Å². The Balaban J connectivity index is 0.000000118. The van der Waals surface area contributed by atoms with Crippen LogP contribution < -0.4 is 28.4 Å². The number of aliphatic hydroxyl groups is 6. The molecule has 1 amide bonds. The van der Waals surface area contributed by atoms with Crippen LogP contribution in [0.1, 0.15) is 106 Å². The van der Waals surface area contributed by atoms with Gasteiger partial charge in [0.2, 0.25) is 23.5 Å². The maximum absolute atomic E-state index is 14.5. The lowest BCUT2D eigenvalue weighted by Crippen LogP contribution is -2.60. The number of methoxy groups -OCH3 is 3. The molecule has 9 aromatic rings. The Morgan fingerprint density at radius 3 is 1.00 bits per heavy atom. The van der Waals surface area contributed by atoms with Crippen molar-refractivity contribution in [1.29, 1.82) is 0 Å². The maximum Gasteiger partial charge on any atom is 0.273 e. The molecule has 6 aliphatic heterocycles. The zero-order chi connectivity index (χ0) is 83.0. The molecule has 118 heavy (non-hydrogen) atoms. The van der Waals surface area contributed by atoms with Gasteiger partial charge in [0.25, 0.3) is 17.8 Å². The summed E-state index contributed by atoms with van der Waals surface area (Å²) < 4.78 is 126. The summed E-state index contributed by atoms with van der Waals surface area (Å²) in [5.41, 5.74) is -10.7. The van der Waals surface area contributed by atoms with Crippen molar-refractivity contribution in [2.24, 2.45) is 17.8 Å². The number of carbonyl (C=O) groups excluding carboxylic acids is 1. The van der Waals surface area contributed by atoms with E-state index < -0.39 is 134 Å². The quantitative estimate of drug-likeness (QED) is 0.0438. The lowest BCUT2D eigenvalue weighted by Gasteiger charge is -2.45. The van der Waals surface area contributed by atoms with E-state index in [9.17, 15) is 61.8 Å². The average molecular weight is 1870 g/mol. The van der Waals surface area contributed by atoms with Crippen LogP contribution in [0, 0.1) is 17.8 Å². The van der Waals surface area contributed by atoms with Gasteiger partial charge in [-0.15, -0.1) is 0 Å². The third kappa shape index (κ3) is 10.8. The van der Waals surface area contributed by atoms with Crippen LogP contribution in [-0.4, -0.2) is 173 Å². The van der Waals surface area contributed by atoms with Crippen molar-refractivity contribution in [2.45, 2.75) is 143 Å². The van der Waals surface area contributed by atoms with Gasteiger partial charge in [-0.1, -0.05) is 210 Å². The summed E-state index contributed by atoms with van der Waals surface area (Å²) in [5.74, 6) is -13.4. The smallest absolute Gasteiger partial charge is 0.273 e. The van der Waals surface area contributed by atoms with Crippen LogP contribution in [-0.2, 0) is 38.4 Å². The topological polar surface area (TPSA) is 242 Å². The van der Waals surface area contributed by atoms with Gasteiger partial charge in [0, 0.05) is 113 Å². The summed E-state index contributed by atoms with van der Waals surface area (Å²) in [5, 5.41) is 75.3. The molecule has 6 aliphatic carbocycles. The standard InChI is InChI=1S/C29H24BrClF2N2O5.2C29H26BrClF2N2O4/c1-39-24-22-18(13-19(31)34-24)40-29(16-7-9-17(30)10-8-16)21(15-5-3-2-4-6-15)20(23(36)28(22,29)38)25(37)35-12-11-26(35)14-27(26,32)33;2*1-38-25-23-20(13-21(31)34-25)39-29(17-7-9-18(30)10-8-17)22(16-5-3-2-4-6-16)19(24(36)28(23,29)37)14-35-12-11-26(35)15-27(26,32)33/h2-10,13,20-21,23,36,38H,11-12,14H2,1H3;2*2-10,13,19,22,24,36-37H,11-12,14-15H2,1H3/t20-,21-,23-,26?,28+,29+;2*19-,22-,24-,26?,28+,29+/m111/s1. The second kappa shape index (κ2) is 27.6. The number of hydrogen-bond donors (Lipinski definition) is 6. The lowest BCUT2D eigenvalue weighted by atomic mass is 9.70. The highest BCUT2D eigenvalue weighted by atomic mass is 79.9. The molecule has 616 valence electrons. The van der Waals surface area contributed by atoms with Crippen LogP contribution in [0.2, 0.25) is 15.5 Å². The number of alkyl halides is 6. The average Bonchev–Trinajstić information content (AvgIpc) is 1.48. The number of rotatable bonds is 14. The van der Waals surface area contributed by atoms with E-state index in [1.165, 1.54) is 44.4 Å². The van der Waals surface area contributed by atoms with Crippen LogP contribution in [0.15, 0.2) is 195 Å². The Hall–Kier alpha value is -7.39. The first kappa shape index (κ1) is 80.3. The number of benzene rings is 6. The number of hydrogen-bond acceptors (Lipinski definition) is 18. The molecule has 3 spiro atoms. The second-order valence-electron chi connectivity index (χ2n) is 33.0. The molecule has 3 aromatic heterocycles. The van der Waals surface area contributed by atoms with Gasteiger partial charge in [-0.25, -0.2) is 41.3 Å². The summed E-state index contributed by atoms with van der Waals surface area (Å²) in [6.45, 7) is 1.47. The Morgan fingerprint density at radius 2 is 0.729 bits per heavy atom. The number of halogens is 12. The van der Waals surface area contributed by atoms with Crippen molar-refractivity contribution in [1.82, 2.24) is 29.7 Å². The summed E-state index contributed by atoms with van der Waals surface area (Å²) in [6, 6.07) is 54.0. The minimum Gasteiger partial charge on any atom is -0.481 e. The number of pyridine rings is 3. The highest BCUT2D eigenvalue weighted by molar-refractivity contribution is 9.11. The van der Waals surface area contributed by atoms with E-state index in [1.807, 2.05) is 109 Å². The van der Waals surface area contributed by atoms with Crippen LogP contribution in [0.5, 0.6) is 34.9 Å². The molecule has 19 nitrogen and oxygen atoms in total. The Labute approximate surface area is 713 Å². The van der Waals surface area contributed by atoms with E-state index in [-0.39, 0.29) is 106 Å². The molecular formula is C87H76Br3Cl3F6N6O13. The number of carbonyl (C=O) groups is 1. The molecule has 12 aliphatic rings. The number of fused-ring (bicyclic) bond motifs is 9. The van der Waals surface area contributed by atoms with Crippen molar-refractivity contribution in [3.8, 4) is 34.9 Å². The van der Waals surface area contributed by atoms with Crippen molar-refractivity contribution in [3.63, 3.8) is 0 Å². The molecule has 3 saturated heterocycles. The third-order valence-corrected chi connectivity index (χ3v) is 30.1. The number of ether oxygens (including phenoxy) is 6. The van der Waals surface area contributed by atoms with Crippen molar-refractivity contribution in [3.05, 3.63) is 261 Å². The maximum atomic E-state index is 14.5. The molecule has 0 radical (unpaired) electrons. The second-order valence-corrected chi connectivity index (χ2v) is 36.9. The molecule has 6 aromatic carbocycles. The van der Waals surface area contributed by atoms with Crippen LogP contribution >= 0.6 is 82.6 Å². The van der Waals surface area contributed by atoms with Gasteiger partial charge < -0.3 is 64.0 Å². The normalized spacial score (nSPS) is 35.3. The molecule has 18 atom stereocenters. The zero-order valence-corrected chi connectivity index (χ0v) is 70.1. The number of aliphatic hydroxyl groups excluding tert-OH is 3. The highest BCUT2D eigenvalue weighted by Gasteiger charge is 2.86. The van der Waals surface area contributed by atoms with Crippen LogP contribution in [0.25, 0.3) is 0 Å². The number of likely N-dealkylation sites (tertiary alicyclic amines) is 3. The van der Waals surface area contributed by atoms with Gasteiger partial charge in [0.1, 0.15) is 44.4 Å². The van der Waals surface area contributed by atoms with Gasteiger partial charge in [-0.05, 0) is 89.0 Å². The molecule has 6 saturated carbocycles. The number of aromatic nitrogens is 3. The minimum atomic E-state index is -2.99. The number of nitrogens with zero attached hydrogens (tertiary/aromatic N) is 6. The van der Waals surface area contributed by atoms with Crippen molar-refractivity contribution < 1.29 is 90.2 Å². The fourth-order valence-corrected chi connectivity index (χ4v) is 23.5. The Morgan fingerprint density at radius 1 is 0.441 bits per heavy atom. The van der Waals surface area contributed by atoms with Crippen molar-refractivity contribution >= 4 is 88.5 Å². The van der Waals surface area contributed by atoms with Crippen molar-refractivity contribution in [2.75, 3.05) is 54.1 Å². The predicted octanol–water partition coefficient (Wildman–Crippen LogP) is 15.2. The molecule has 9 fully saturated rings. The highest BCUT2D eigenvalue weighted by Crippen LogP contribution is 2.76. The van der Waals surface area contributed by atoms with E-state index in [2.05, 4.69) is 62.7 Å². The first-order valence-corrected chi connectivity index (χ1v) is 42.1. The molecule has 6 N–H and O–H groups in total. The zero-order valence-electron chi connectivity index (χ0n) is 63.1. The Kier molecular flexibility index (Phi) is 18.8. The van der Waals surface area contributed by atoms with E-state index in [4.69, 9.17) is 63.2 Å².